The molecule has 3 aromatic rings. The van der Waals surface area contributed by atoms with Crippen molar-refractivity contribution in [3.05, 3.63) is 60.3 Å². The lowest BCUT2D eigenvalue weighted by atomic mass is 10.1. The number of hydrogen-bond donors (Lipinski definition) is 1. The fourth-order valence-electron chi connectivity index (χ4n) is 2.71. The van der Waals surface area contributed by atoms with E-state index in [0.29, 0.717) is 22.9 Å². The number of anilines is 1. The molecule has 1 heterocycles. The maximum absolute atomic E-state index is 11.8. The van der Waals surface area contributed by atoms with Crippen molar-refractivity contribution in [3.8, 4) is 11.5 Å². The van der Waals surface area contributed by atoms with Crippen LogP contribution in [-0.2, 0) is 4.79 Å². The van der Waals surface area contributed by atoms with Crippen LogP contribution in [0.5, 0.6) is 11.5 Å². The molecule has 0 unspecified atom stereocenters. The van der Waals surface area contributed by atoms with Crippen molar-refractivity contribution >= 4 is 28.8 Å². The predicted octanol–water partition coefficient (Wildman–Crippen LogP) is 4.19. The minimum Gasteiger partial charge on any atom is -0.457 e. The summed E-state index contributed by atoms with van der Waals surface area (Å²) in [5, 5.41) is 4.62. The van der Waals surface area contributed by atoms with E-state index in [1.54, 1.807) is 24.4 Å². The van der Waals surface area contributed by atoms with Crippen LogP contribution in [0.1, 0.15) is 23.2 Å². The van der Waals surface area contributed by atoms with Crippen LogP contribution in [0.15, 0.2) is 54.7 Å². The topological polar surface area (TPSA) is 68.3 Å². The molecule has 1 aliphatic rings. The second-order valence-corrected chi connectivity index (χ2v) is 6.09. The molecule has 1 saturated carbocycles. The summed E-state index contributed by atoms with van der Waals surface area (Å²) in [6.07, 6.45) is 4.34. The SMILES string of the molecule is O=Cc1cccc2cc(Oc3ccnc(NC(=O)C4CC4)c3)ccc12. The highest BCUT2D eigenvalue weighted by atomic mass is 16.5. The lowest BCUT2D eigenvalue weighted by molar-refractivity contribution is -0.117. The Morgan fingerprint density at radius 2 is 1.96 bits per heavy atom. The number of carbonyl (C=O) groups excluding carboxylic acids is 2. The van der Waals surface area contributed by atoms with Crippen LogP contribution >= 0.6 is 0 Å². The number of benzene rings is 2. The molecule has 124 valence electrons. The van der Waals surface area contributed by atoms with Crippen molar-refractivity contribution in [1.29, 1.82) is 0 Å². The molecule has 0 saturated heterocycles. The second kappa shape index (κ2) is 6.36. The van der Waals surface area contributed by atoms with E-state index in [2.05, 4.69) is 10.3 Å². The molecule has 0 radical (unpaired) electrons. The number of pyridine rings is 1. The quantitative estimate of drug-likeness (QED) is 0.711. The van der Waals surface area contributed by atoms with Gasteiger partial charge in [-0.2, -0.15) is 0 Å². The third-order valence-corrected chi connectivity index (χ3v) is 4.18. The van der Waals surface area contributed by atoms with E-state index < -0.39 is 0 Å². The van der Waals surface area contributed by atoms with Crippen molar-refractivity contribution in [2.75, 3.05) is 5.32 Å². The number of fused-ring (bicyclic) bond motifs is 1. The van der Waals surface area contributed by atoms with Gasteiger partial charge in [-0.1, -0.05) is 18.2 Å². The van der Waals surface area contributed by atoms with E-state index >= 15 is 0 Å². The molecule has 5 nitrogen and oxygen atoms in total. The van der Waals surface area contributed by atoms with Gasteiger partial charge in [-0.25, -0.2) is 4.98 Å². The minimum absolute atomic E-state index is 0.0109. The van der Waals surface area contributed by atoms with E-state index in [1.165, 1.54) is 0 Å². The fraction of sp³-hybridized carbons (Fsp3) is 0.150. The Labute approximate surface area is 144 Å². The number of aromatic nitrogens is 1. The van der Waals surface area contributed by atoms with E-state index in [-0.39, 0.29) is 11.8 Å². The van der Waals surface area contributed by atoms with Crippen molar-refractivity contribution in [2.24, 2.45) is 5.92 Å². The number of nitrogens with zero attached hydrogens (tertiary/aromatic N) is 1. The Morgan fingerprint density at radius 3 is 2.76 bits per heavy atom. The zero-order chi connectivity index (χ0) is 17.2. The van der Waals surface area contributed by atoms with Gasteiger partial charge in [0.25, 0.3) is 0 Å². The number of amides is 1. The number of hydrogen-bond acceptors (Lipinski definition) is 4. The molecule has 1 aromatic heterocycles. The van der Waals surface area contributed by atoms with E-state index in [9.17, 15) is 9.59 Å². The van der Waals surface area contributed by atoms with Crippen LogP contribution in [0, 0.1) is 5.92 Å². The molecule has 0 bridgehead atoms. The summed E-state index contributed by atoms with van der Waals surface area (Å²) >= 11 is 0. The summed E-state index contributed by atoms with van der Waals surface area (Å²) in [5.41, 5.74) is 0.651. The first kappa shape index (κ1) is 15.3. The van der Waals surface area contributed by atoms with Gasteiger partial charge in [-0.05, 0) is 47.9 Å². The number of ether oxygens (including phenoxy) is 1. The molecule has 1 N–H and O–H groups in total. The van der Waals surface area contributed by atoms with E-state index in [0.717, 1.165) is 29.9 Å². The number of rotatable bonds is 5. The van der Waals surface area contributed by atoms with Gasteiger partial charge < -0.3 is 10.1 Å². The molecule has 1 fully saturated rings. The maximum atomic E-state index is 11.8. The van der Waals surface area contributed by atoms with E-state index in [1.807, 2.05) is 30.3 Å². The first-order valence-electron chi connectivity index (χ1n) is 8.16. The van der Waals surface area contributed by atoms with Crippen LogP contribution in [0.3, 0.4) is 0 Å². The maximum Gasteiger partial charge on any atom is 0.228 e. The van der Waals surface area contributed by atoms with Crippen molar-refractivity contribution in [3.63, 3.8) is 0 Å². The van der Waals surface area contributed by atoms with Crippen LogP contribution in [0.4, 0.5) is 5.82 Å². The largest absolute Gasteiger partial charge is 0.457 e. The van der Waals surface area contributed by atoms with Gasteiger partial charge in [-0.3, -0.25) is 9.59 Å². The van der Waals surface area contributed by atoms with Gasteiger partial charge in [0.1, 0.15) is 17.3 Å². The molecular weight excluding hydrogens is 316 g/mol. The Balaban J connectivity index is 1.56. The van der Waals surface area contributed by atoms with Crippen molar-refractivity contribution < 1.29 is 14.3 Å². The minimum atomic E-state index is 0.0109. The molecule has 2 aromatic carbocycles. The van der Waals surface area contributed by atoms with Crippen molar-refractivity contribution in [1.82, 2.24) is 4.98 Å². The van der Waals surface area contributed by atoms with Gasteiger partial charge in [0.15, 0.2) is 6.29 Å². The normalized spacial score (nSPS) is 13.4. The third-order valence-electron chi connectivity index (χ3n) is 4.18. The van der Waals surface area contributed by atoms with Gasteiger partial charge in [0.2, 0.25) is 5.91 Å². The number of carbonyl (C=O) groups is 2. The summed E-state index contributed by atoms with van der Waals surface area (Å²) in [6.45, 7) is 0. The average molecular weight is 332 g/mol. The first-order chi connectivity index (χ1) is 12.2. The van der Waals surface area contributed by atoms with Crippen LogP contribution < -0.4 is 10.1 Å². The Morgan fingerprint density at radius 1 is 1.12 bits per heavy atom. The van der Waals surface area contributed by atoms with Crippen LogP contribution in [-0.4, -0.2) is 17.2 Å². The molecule has 0 aliphatic heterocycles. The molecule has 0 atom stereocenters. The van der Waals surface area contributed by atoms with Crippen molar-refractivity contribution in [2.45, 2.75) is 12.8 Å². The second-order valence-electron chi connectivity index (χ2n) is 6.09. The average Bonchev–Trinajstić information content (AvgIpc) is 3.46. The predicted molar refractivity (Wildman–Crippen MR) is 95.0 cm³/mol. The fourth-order valence-corrected chi connectivity index (χ4v) is 2.71. The highest BCUT2D eigenvalue weighted by molar-refractivity contribution is 5.98. The molecule has 5 heteroatoms. The lowest BCUT2D eigenvalue weighted by Crippen LogP contribution is -2.14. The smallest absolute Gasteiger partial charge is 0.228 e. The Hall–Kier alpha value is -3.21. The summed E-state index contributed by atoms with van der Waals surface area (Å²) in [5.74, 6) is 1.86. The number of aldehydes is 1. The molecular formula is C20H16N2O3. The molecule has 4 rings (SSSR count). The van der Waals surface area contributed by atoms with Crippen LogP contribution in [0.2, 0.25) is 0 Å². The molecule has 1 amide bonds. The summed E-state index contributed by atoms with van der Waals surface area (Å²) in [7, 11) is 0. The lowest BCUT2D eigenvalue weighted by Gasteiger charge is -2.09. The highest BCUT2D eigenvalue weighted by Gasteiger charge is 2.29. The van der Waals surface area contributed by atoms with Crippen LogP contribution in [0.25, 0.3) is 10.8 Å². The zero-order valence-corrected chi connectivity index (χ0v) is 13.4. The van der Waals surface area contributed by atoms with E-state index in [4.69, 9.17) is 4.74 Å². The third kappa shape index (κ3) is 3.35. The van der Waals surface area contributed by atoms with Gasteiger partial charge in [0, 0.05) is 23.7 Å². The first-order valence-corrected chi connectivity index (χ1v) is 8.16. The zero-order valence-electron chi connectivity index (χ0n) is 13.4. The molecule has 1 aliphatic carbocycles. The van der Waals surface area contributed by atoms with Gasteiger partial charge in [-0.15, -0.1) is 0 Å². The Kier molecular flexibility index (Phi) is 3.90. The summed E-state index contributed by atoms with van der Waals surface area (Å²) in [4.78, 5) is 27.1. The summed E-state index contributed by atoms with van der Waals surface area (Å²) < 4.78 is 5.88. The summed E-state index contributed by atoms with van der Waals surface area (Å²) in [6, 6.07) is 14.6. The standard InChI is InChI=1S/C20H16N2O3/c23-12-15-3-1-2-14-10-16(6-7-18(14)15)25-17-8-9-21-19(11-17)22-20(24)13-4-5-13/h1-3,6-13H,4-5H2,(H,21,22,24). The highest BCUT2D eigenvalue weighted by Crippen LogP contribution is 2.31. The van der Waals surface area contributed by atoms with Gasteiger partial charge in [0.05, 0.1) is 0 Å². The molecule has 0 spiro atoms. The molecule has 25 heavy (non-hydrogen) atoms. The monoisotopic (exact) mass is 332 g/mol. The Bertz CT molecular complexity index is 964. The number of nitrogens with one attached hydrogen (secondary N) is 1. The van der Waals surface area contributed by atoms with Gasteiger partial charge >= 0.3 is 0 Å².